The fourth-order valence-electron chi connectivity index (χ4n) is 2.45. The van der Waals surface area contributed by atoms with Gasteiger partial charge in [0, 0.05) is 12.1 Å². The van der Waals surface area contributed by atoms with Crippen LogP contribution in [0.3, 0.4) is 0 Å². The monoisotopic (exact) mass is 324 g/mol. The summed E-state index contributed by atoms with van der Waals surface area (Å²) in [6, 6.07) is 12.5. The standard InChI is InChI=1S/C19H20N2O3/c1-13-9-18(24-3)15(11-17(13)23-2)7-8-21-19(22)16-6-4-5-14(10-16)12-20/h4-6,9-11H,7-8H2,1-3H3,(H,21,22). The van der Waals surface area contributed by atoms with E-state index in [2.05, 4.69) is 5.32 Å². The number of nitrogens with one attached hydrogen (secondary N) is 1. The van der Waals surface area contributed by atoms with Gasteiger partial charge in [-0.1, -0.05) is 6.07 Å². The molecule has 0 aliphatic carbocycles. The normalized spacial score (nSPS) is 9.92. The smallest absolute Gasteiger partial charge is 0.251 e. The number of ether oxygens (including phenoxy) is 2. The fraction of sp³-hybridized carbons (Fsp3) is 0.263. The Morgan fingerprint density at radius 1 is 1.17 bits per heavy atom. The quantitative estimate of drug-likeness (QED) is 0.887. The fourth-order valence-corrected chi connectivity index (χ4v) is 2.45. The first-order chi connectivity index (χ1) is 11.6. The predicted molar refractivity (Wildman–Crippen MR) is 91.5 cm³/mol. The minimum Gasteiger partial charge on any atom is -0.496 e. The minimum absolute atomic E-state index is 0.204. The van der Waals surface area contributed by atoms with Gasteiger partial charge in [-0.2, -0.15) is 5.26 Å². The summed E-state index contributed by atoms with van der Waals surface area (Å²) >= 11 is 0. The summed E-state index contributed by atoms with van der Waals surface area (Å²) in [5, 5.41) is 11.7. The molecule has 24 heavy (non-hydrogen) atoms. The molecule has 0 aromatic heterocycles. The Hall–Kier alpha value is -3.00. The maximum atomic E-state index is 12.2. The maximum Gasteiger partial charge on any atom is 0.251 e. The lowest BCUT2D eigenvalue weighted by atomic mass is 10.1. The molecule has 2 aromatic carbocycles. The summed E-state index contributed by atoms with van der Waals surface area (Å²) in [5.74, 6) is 1.36. The van der Waals surface area contributed by atoms with Gasteiger partial charge in [0.05, 0.1) is 25.9 Å². The highest BCUT2D eigenvalue weighted by molar-refractivity contribution is 5.94. The number of nitriles is 1. The molecule has 0 aliphatic rings. The molecule has 124 valence electrons. The lowest BCUT2D eigenvalue weighted by molar-refractivity contribution is 0.0954. The highest BCUT2D eigenvalue weighted by atomic mass is 16.5. The van der Waals surface area contributed by atoms with E-state index >= 15 is 0 Å². The highest BCUT2D eigenvalue weighted by Crippen LogP contribution is 2.28. The topological polar surface area (TPSA) is 71.3 Å². The first-order valence-corrected chi connectivity index (χ1v) is 7.59. The van der Waals surface area contributed by atoms with E-state index in [9.17, 15) is 4.79 Å². The van der Waals surface area contributed by atoms with Crippen LogP contribution in [0.15, 0.2) is 36.4 Å². The van der Waals surface area contributed by atoms with Crippen molar-refractivity contribution in [1.29, 1.82) is 5.26 Å². The maximum absolute atomic E-state index is 12.2. The summed E-state index contributed by atoms with van der Waals surface area (Å²) < 4.78 is 10.7. The van der Waals surface area contributed by atoms with Gasteiger partial charge in [0.15, 0.2) is 0 Å². The molecule has 0 bridgehead atoms. The third-order valence-electron chi connectivity index (χ3n) is 3.73. The van der Waals surface area contributed by atoms with E-state index in [1.165, 1.54) is 0 Å². The molecule has 0 radical (unpaired) electrons. The molecule has 5 heteroatoms. The molecule has 0 fully saturated rings. The summed E-state index contributed by atoms with van der Waals surface area (Å²) in [4.78, 5) is 12.2. The second-order valence-electron chi connectivity index (χ2n) is 5.33. The number of hydrogen-bond donors (Lipinski definition) is 1. The molecular formula is C19H20N2O3. The number of carbonyl (C=O) groups excluding carboxylic acids is 1. The lowest BCUT2D eigenvalue weighted by Crippen LogP contribution is -2.25. The van der Waals surface area contributed by atoms with Crippen LogP contribution in [-0.2, 0) is 6.42 Å². The van der Waals surface area contributed by atoms with Crippen molar-refractivity contribution >= 4 is 5.91 Å². The molecule has 5 nitrogen and oxygen atoms in total. The van der Waals surface area contributed by atoms with Crippen molar-refractivity contribution in [2.24, 2.45) is 0 Å². The highest BCUT2D eigenvalue weighted by Gasteiger charge is 2.10. The van der Waals surface area contributed by atoms with Crippen LogP contribution in [0.1, 0.15) is 27.0 Å². The second-order valence-corrected chi connectivity index (χ2v) is 5.33. The van der Waals surface area contributed by atoms with Crippen LogP contribution in [0.25, 0.3) is 0 Å². The second kappa shape index (κ2) is 8.02. The van der Waals surface area contributed by atoms with Crippen molar-refractivity contribution in [3.05, 3.63) is 58.7 Å². The summed E-state index contributed by atoms with van der Waals surface area (Å²) in [7, 11) is 3.25. The zero-order valence-corrected chi connectivity index (χ0v) is 14.1. The molecule has 1 N–H and O–H groups in total. The summed E-state index contributed by atoms with van der Waals surface area (Å²) in [6.45, 7) is 2.41. The minimum atomic E-state index is -0.204. The van der Waals surface area contributed by atoms with Gasteiger partial charge in [0.1, 0.15) is 11.5 Å². The Labute approximate surface area is 141 Å². The van der Waals surface area contributed by atoms with Crippen LogP contribution in [0.5, 0.6) is 11.5 Å². The van der Waals surface area contributed by atoms with Gasteiger partial charge in [-0.15, -0.1) is 0 Å². The number of amides is 1. The molecule has 0 saturated carbocycles. The van der Waals surface area contributed by atoms with Gasteiger partial charge in [0.25, 0.3) is 5.91 Å². The zero-order valence-electron chi connectivity index (χ0n) is 14.1. The van der Waals surface area contributed by atoms with Gasteiger partial charge in [0.2, 0.25) is 0 Å². The van der Waals surface area contributed by atoms with E-state index in [1.807, 2.05) is 25.1 Å². The zero-order chi connectivity index (χ0) is 17.5. The van der Waals surface area contributed by atoms with Crippen LogP contribution in [0.2, 0.25) is 0 Å². The lowest BCUT2D eigenvalue weighted by Gasteiger charge is -2.13. The van der Waals surface area contributed by atoms with Crippen molar-refractivity contribution in [1.82, 2.24) is 5.32 Å². The summed E-state index contributed by atoms with van der Waals surface area (Å²) in [5.41, 5.74) is 2.90. The Balaban J connectivity index is 2.03. The third-order valence-corrected chi connectivity index (χ3v) is 3.73. The van der Waals surface area contributed by atoms with Crippen LogP contribution < -0.4 is 14.8 Å². The van der Waals surface area contributed by atoms with Gasteiger partial charge >= 0.3 is 0 Å². The first kappa shape index (κ1) is 17.4. The van der Waals surface area contributed by atoms with Gasteiger partial charge in [-0.3, -0.25) is 4.79 Å². The van der Waals surface area contributed by atoms with Crippen LogP contribution in [-0.4, -0.2) is 26.7 Å². The van der Waals surface area contributed by atoms with Crippen LogP contribution >= 0.6 is 0 Å². The molecular weight excluding hydrogens is 304 g/mol. The Bertz CT molecular complexity index is 779. The van der Waals surface area contributed by atoms with Crippen molar-refractivity contribution in [3.63, 3.8) is 0 Å². The number of rotatable bonds is 6. The number of hydrogen-bond acceptors (Lipinski definition) is 4. The van der Waals surface area contributed by atoms with Crippen molar-refractivity contribution in [3.8, 4) is 17.6 Å². The van der Waals surface area contributed by atoms with Crippen LogP contribution in [0.4, 0.5) is 0 Å². The number of methoxy groups -OCH3 is 2. The van der Waals surface area contributed by atoms with E-state index in [1.54, 1.807) is 38.5 Å². The Kier molecular flexibility index (Phi) is 5.80. The average molecular weight is 324 g/mol. The number of aryl methyl sites for hydroxylation is 1. The number of carbonyl (C=O) groups is 1. The van der Waals surface area contributed by atoms with Crippen molar-refractivity contribution in [2.75, 3.05) is 20.8 Å². The van der Waals surface area contributed by atoms with E-state index in [0.717, 1.165) is 22.6 Å². The van der Waals surface area contributed by atoms with E-state index < -0.39 is 0 Å². The SMILES string of the molecule is COc1cc(CCNC(=O)c2cccc(C#N)c2)c(OC)cc1C. The van der Waals surface area contributed by atoms with Crippen molar-refractivity contribution in [2.45, 2.75) is 13.3 Å². The van der Waals surface area contributed by atoms with E-state index in [-0.39, 0.29) is 5.91 Å². The molecule has 2 rings (SSSR count). The Morgan fingerprint density at radius 2 is 1.92 bits per heavy atom. The largest absolute Gasteiger partial charge is 0.496 e. The first-order valence-electron chi connectivity index (χ1n) is 7.59. The molecule has 0 saturated heterocycles. The third kappa shape index (κ3) is 4.05. The molecule has 0 heterocycles. The van der Waals surface area contributed by atoms with Gasteiger partial charge < -0.3 is 14.8 Å². The van der Waals surface area contributed by atoms with E-state index in [0.29, 0.717) is 24.1 Å². The van der Waals surface area contributed by atoms with Crippen LogP contribution in [0, 0.1) is 18.3 Å². The molecule has 2 aromatic rings. The predicted octanol–water partition coefficient (Wildman–Crippen LogP) is 2.86. The summed E-state index contributed by atoms with van der Waals surface area (Å²) in [6.07, 6.45) is 0.615. The van der Waals surface area contributed by atoms with Gasteiger partial charge in [-0.25, -0.2) is 0 Å². The molecule has 0 aliphatic heterocycles. The van der Waals surface area contributed by atoms with Crippen molar-refractivity contribution < 1.29 is 14.3 Å². The molecule has 0 spiro atoms. The van der Waals surface area contributed by atoms with E-state index in [4.69, 9.17) is 14.7 Å². The molecule has 0 atom stereocenters. The average Bonchev–Trinajstić information content (AvgIpc) is 2.62. The number of benzene rings is 2. The van der Waals surface area contributed by atoms with Gasteiger partial charge in [-0.05, 0) is 54.8 Å². The molecule has 1 amide bonds. The molecule has 0 unspecified atom stereocenters. The number of nitrogens with zero attached hydrogens (tertiary/aromatic N) is 1. The Morgan fingerprint density at radius 3 is 2.58 bits per heavy atom.